The lowest BCUT2D eigenvalue weighted by Gasteiger charge is -2.02. The van der Waals surface area contributed by atoms with Crippen molar-refractivity contribution >= 4 is 11.8 Å². The molecule has 13 heavy (non-hydrogen) atoms. The lowest BCUT2D eigenvalue weighted by molar-refractivity contribution is 1.29. The van der Waals surface area contributed by atoms with Gasteiger partial charge in [-0.2, -0.15) is 5.26 Å². The second kappa shape index (κ2) is 4.74. The fourth-order valence-corrected chi connectivity index (χ4v) is 1.78. The molecule has 0 saturated heterocycles. The molecule has 2 heteroatoms. The van der Waals surface area contributed by atoms with Crippen LogP contribution in [0.25, 0.3) is 0 Å². The van der Waals surface area contributed by atoms with Crippen molar-refractivity contribution in [2.75, 3.05) is 5.75 Å². The Morgan fingerprint density at radius 2 is 2.38 bits per heavy atom. The Morgan fingerprint density at radius 1 is 1.62 bits per heavy atom. The van der Waals surface area contributed by atoms with Crippen LogP contribution in [-0.2, 0) is 0 Å². The molecule has 0 spiro atoms. The minimum absolute atomic E-state index is 0.723. The van der Waals surface area contributed by atoms with Gasteiger partial charge in [-0.25, -0.2) is 0 Å². The monoisotopic (exact) mass is 189 g/mol. The Balaban J connectivity index is 2.86. The molecule has 0 N–H and O–H groups in total. The fraction of sp³-hybridized carbons (Fsp3) is 0.182. The van der Waals surface area contributed by atoms with Gasteiger partial charge in [-0.1, -0.05) is 6.08 Å². The first-order valence-corrected chi connectivity index (χ1v) is 5.01. The molecule has 1 nitrogen and oxygen atoms in total. The molecule has 0 aliphatic carbocycles. The molecule has 0 radical (unpaired) electrons. The van der Waals surface area contributed by atoms with Gasteiger partial charge in [0.25, 0.3) is 0 Å². The van der Waals surface area contributed by atoms with E-state index in [2.05, 4.69) is 12.6 Å². The summed E-state index contributed by atoms with van der Waals surface area (Å²) in [6.07, 6.45) is 1.88. The minimum Gasteiger partial charge on any atom is -0.192 e. The third-order valence-electron chi connectivity index (χ3n) is 1.66. The van der Waals surface area contributed by atoms with Crippen LogP contribution in [0.4, 0.5) is 0 Å². The Labute approximate surface area is 83.1 Å². The smallest absolute Gasteiger partial charge is 0.0991 e. The number of rotatable bonds is 3. The molecule has 1 rings (SSSR count). The van der Waals surface area contributed by atoms with E-state index in [1.165, 1.54) is 4.90 Å². The third kappa shape index (κ3) is 2.64. The summed E-state index contributed by atoms with van der Waals surface area (Å²) in [6.45, 7) is 5.69. The Morgan fingerprint density at radius 3 is 2.92 bits per heavy atom. The van der Waals surface area contributed by atoms with Gasteiger partial charge in [0.1, 0.15) is 0 Å². The molecule has 1 aromatic carbocycles. The summed E-state index contributed by atoms with van der Waals surface area (Å²) in [7, 11) is 0. The van der Waals surface area contributed by atoms with Crippen molar-refractivity contribution in [3.05, 3.63) is 42.0 Å². The van der Waals surface area contributed by atoms with Crippen molar-refractivity contribution in [1.29, 1.82) is 5.26 Å². The summed E-state index contributed by atoms with van der Waals surface area (Å²) in [6, 6.07) is 7.86. The maximum atomic E-state index is 8.66. The summed E-state index contributed by atoms with van der Waals surface area (Å²) < 4.78 is 0. The number of benzene rings is 1. The van der Waals surface area contributed by atoms with E-state index in [1.807, 2.05) is 31.2 Å². The van der Waals surface area contributed by atoms with Crippen LogP contribution in [0.1, 0.15) is 11.1 Å². The van der Waals surface area contributed by atoms with E-state index in [0.29, 0.717) is 0 Å². The number of hydrogen-bond donors (Lipinski definition) is 0. The van der Waals surface area contributed by atoms with E-state index in [1.54, 1.807) is 11.8 Å². The van der Waals surface area contributed by atoms with Gasteiger partial charge < -0.3 is 0 Å². The molecule has 66 valence electrons. The normalized spacial score (nSPS) is 9.23. The largest absolute Gasteiger partial charge is 0.192 e. The van der Waals surface area contributed by atoms with E-state index in [9.17, 15) is 0 Å². The van der Waals surface area contributed by atoms with Crippen LogP contribution in [0, 0.1) is 18.3 Å². The Hall–Kier alpha value is -1.20. The summed E-state index contributed by atoms with van der Waals surface area (Å²) in [5.74, 6) is 0.909. The van der Waals surface area contributed by atoms with Crippen molar-refractivity contribution in [1.82, 2.24) is 0 Å². The molecular weight excluding hydrogens is 178 g/mol. The van der Waals surface area contributed by atoms with Gasteiger partial charge in [0, 0.05) is 10.6 Å². The van der Waals surface area contributed by atoms with Gasteiger partial charge in [-0.05, 0) is 30.7 Å². The van der Waals surface area contributed by atoms with Crippen molar-refractivity contribution < 1.29 is 0 Å². The highest BCUT2D eigenvalue weighted by molar-refractivity contribution is 7.99. The maximum absolute atomic E-state index is 8.66. The molecule has 0 heterocycles. The summed E-state index contributed by atoms with van der Waals surface area (Å²) in [5.41, 5.74) is 1.88. The van der Waals surface area contributed by atoms with Crippen LogP contribution in [0.2, 0.25) is 0 Å². The van der Waals surface area contributed by atoms with Gasteiger partial charge >= 0.3 is 0 Å². The molecule has 0 fully saturated rings. The zero-order valence-electron chi connectivity index (χ0n) is 7.58. The number of thioether (sulfide) groups is 1. The highest BCUT2D eigenvalue weighted by Gasteiger charge is 1.98. The number of aryl methyl sites for hydroxylation is 1. The van der Waals surface area contributed by atoms with E-state index in [0.717, 1.165) is 16.9 Å². The van der Waals surface area contributed by atoms with Crippen molar-refractivity contribution in [3.63, 3.8) is 0 Å². The van der Waals surface area contributed by atoms with E-state index >= 15 is 0 Å². The summed E-state index contributed by atoms with van der Waals surface area (Å²) in [4.78, 5) is 1.22. The van der Waals surface area contributed by atoms with Crippen molar-refractivity contribution in [2.24, 2.45) is 0 Å². The minimum atomic E-state index is 0.723. The quantitative estimate of drug-likeness (QED) is 0.538. The second-order valence-corrected chi connectivity index (χ2v) is 3.75. The molecule has 0 aliphatic heterocycles. The lowest BCUT2D eigenvalue weighted by Crippen LogP contribution is -1.82. The van der Waals surface area contributed by atoms with Gasteiger partial charge in [0.2, 0.25) is 0 Å². The van der Waals surface area contributed by atoms with Crippen LogP contribution >= 0.6 is 11.8 Å². The molecule has 0 bridgehead atoms. The molecule has 1 aromatic rings. The highest BCUT2D eigenvalue weighted by atomic mass is 32.2. The first kappa shape index (κ1) is 9.88. The SMILES string of the molecule is C=CCSc1ccc(C#N)cc1C. The molecular formula is C11H11NS. The van der Waals surface area contributed by atoms with Crippen molar-refractivity contribution in [2.45, 2.75) is 11.8 Å². The third-order valence-corrected chi connectivity index (χ3v) is 2.83. The van der Waals surface area contributed by atoms with E-state index in [-0.39, 0.29) is 0 Å². The van der Waals surface area contributed by atoms with E-state index < -0.39 is 0 Å². The molecule has 0 aliphatic rings. The fourth-order valence-electron chi connectivity index (χ4n) is 1.03. The maximum Gasteiger partial charge on any atom is 0.0991 e. The van der Waals surface area contributed by atoms with Gasteiger partial charge in [0.15, 0.2) is 0 Å². The van der Waals surface area contributed by atoms with Crippen LogP contribution in [-0.4, -0.2) is 5.75 Å². The van der Waals surface area contributed by atoms with Crippen LogP contribution in [0.5, 0.6) is 0 Å². The zero-order chi connectivity index (χ0) is 9.68. The molecule has 0 atom stereocenters. The van der Waals surface area contributed by atoms with Crippen LogP contribution < -0.4 is 0 Å². The lowest BCUT2D eigenvalue weighted by atomic mass is 10.2. The molecule has 0 amide bonds. The predicted octanol–water partition coefficient (Wildman–Crippen LogP) is 3.14. The molecule has 0 unspecified atom stereocenters. The number of hydrogen-bond acceptors (Lipinski definition) is 2. The predicted molar refractivity (Wildman–Crippen MR) is 56.8 cm³/mol. The van der Waals surface area contributed by atoms with Gasteiger partial charge in [-0.3, -0.25) is 0 Å². The van der Waals surface area contributed by atoms with Gasteiger partial charge in [-0.15, -0.1) is 18.3 Å². The standard InChI is InChI=1S/C11H11NS/c1-3-6-13-11-5-4-10(8-12)7-9(11)2/h3-5,7H,1,6H2,2H3. The first-order chi connectivity index (χ1) is 6.27. The highest BCUT2D eigenvalue weighted by Crippen LogP contribution is 2.22. The summed E-state index contributed by atoms with van der Waals surface area (Å²) in [5, 5.41) is 8.66. The Bertz CT molecular complexity index is 350. The zero-order valence-corrected chi connectivity index (χ0v) is 8.40. The average Bonchev–Trinajstić information content (AvgIpc) is 2.16. The summed E-state index contributed by atoms with van der Waals surface area (Å²) >= 11 is 1.74. The first-order valence-electron chi connectivity index (χ1n) is 4.02. The number of nitriles is 1. The Kier molecular flexibility index (Phi) is 3.60. The van der Waals surface area contributed by atoms with Crippen molar-refractivity contribution in [3.8, 4) is 6.07 Å². The molecule has 0 saturated carbocycles. The van der Waals surface area contributed by atoms with Crippen LogP contribution in [0.15, 0.2) is 35.7 Å². The van der Waals surface area contributed by atoms with E-state index in [4.69, 9.17) is 5.26 Å². The van der Waals surface area contributed by atoms with Gasteiger partial charge in [0.05, 0.1) is 11.6 Å². The second-order valence-electron chi connectivity index (χ2n) is 2.69. The average molecular weight is 189 g/mol. The molecule has 0 aromatic heterocycles. The topological polar surface area (TPSA) is 23.8 Å². The number of nitrogens with zero attached hydrogens (tertiary/aromatic N) is 1. The van der Waals surface area contributed by atoms with Crippen LogP contribution in [0.3, 0.4) is 0 Å².